The van der Waals surface area contributed by atoms with E-state index in [1.807, 2.05) is 29.0 Å². The molecule has 0 unspecified atom stereocenters. The summed E-state index contributed by atoms with van der Waals surface area (Å²) in [5.74, 6) is 2.45. The Labute approximate surface area is 152 Å². The summed E-state index contributed by atoms with van der Waals surface area (Å²) in [6, 6.07) is 9.27. The second-order valence-corrected chi connectivity index (χ2v) is 7.20. The molecule has 0 amide bonds. The van der Waals surface area contributed by atoms with Gasteiger partial charge in [0.2, 0.25) is 6.79 Å². The normalized spacial score (nSPS) is 12.5. The van der Waals surface area contributed by atoms with Gasteiger partial charge in [0.05, 0.1) is 10.6 Å². The fourth-order valence-electron chi connectivity index (χ4n) is 2.55. The van der Waals surface area contributed by atoms with Crippen LogP contribution in [0.1, 0.15) is 17.3 Å². The van der Waals surface area contributed by atoms with Gasteiger partial charge in [-0.1, -0.05) is 17.8 Å². The highest BCUT2D eigenvalue weighted by molar-refractivity contribution is 7.99. The van der Waals surface area contributed by atoms with Crippen molar-refractivity contribution in [2.45, 2.75) is 18.6 Å². The molecule has 3 aromatic rings. The molecule has 0 atom stereocenters. The maximum atomic E-state index is 12.5. The molecular weight excluding hydrogens is 358 g/mol. The number of benzene rings is 1. The number of ketones is 1. The minimum absolute atomic E-state index is 0.0200. The molecule has 128 valence electrons. The van der Waals surface area contributed by atoms with E-state index in [1.54, 1.807) is 29.5 Å². The average molecular weight is 373 g/mol. The highest BCUT2D eigenvalue weighted by Crippen LogP contribution is 2.33. The number of thioether (sulfide) groups is 1. The zero-order valence-corrected chi connectivity index (χ0v) is 15.1. The summed E-state index contributed by atoms with van der Waals surface area (Å²) in [6.45, 7) is 3.00. The van der Waals surface area contributed by atoms with Crippen LogP contribution in [-0.2, 0) is 6.54 Å². The van der Waals surface area contributed by atoms with Gasteiger partial charge < -0.3 is 14.0 Å². The number of fused-ring (bicyclic) bond motifs is 1. The van der Waals surface area contributed by atoms with E-state index >= 15 is 0 Å². The number of carbonyl (C=O) groups is 1. The molecule has 0 N–H and O–H groups in total. The lowest BCUT2D eigenvalue weighted by atomic mass is 10.1. The minimum Gasteiger partial charge on any atom is -0.454 e. The van der Waals surface area contributed by atoms with Gasteiger partial charge in [0, 0.05) is 12.1 Å². The molecule has 0 fully saturated rings. The van der Waals surface area contributed by atoms with E-state index < -0.39 is 0 Å². The smallest absolute Gasteiger partial charge is 0.231 e. The Hall–Kier alpha value is -2.32. The van der Waals surface area contributed by atoms with Crippen LogP contribution >= 0.6 is 23.1 Å². The SMILES string of the molecule is CCn1c(SCC(=O)c2ccc3c(c2)OCO3)nnc1-c1cccs1. The first kappa shape index (κ1) is 16.2. The van der Waals surface area contributed by atoms with Crippen molar-refractivity contribution >= 4 is 28.9 Å². The molecule has 0 bridgehead atoms. The second kappa shape index (κ2) is 6.89. The molecule has 0 spiro atoms. The van der Waals surface area contributed by atoms with Crippen LogP contribution in [0.2, 0.25) is 0 Å². The van der Waals surface area contributed by atoms with Crippen LogP contribution in [0.25, 0.3) is 10.7 Å². The number of thiophene rings is 1. The van der Waals surface area contributed by atoms with Gasteiger partial charge >= 0.3 is 0 Å². The monoisotopic (exact) mass is 373 g/mol. The Morgan fingerprint density at radius 2 is 2.16 bits per heavy atom. The minimum atomic E-state index is 0.0200. The first-order valence-corrected chi connectivity index (χ1v) is 9.65. The van der Waals surface area contributed by atoms with Crippen molar-refractivity contribution in [3.8, 4) is 22.2 Å². The van der Waals surface area contributed by atoms with E-state index in [2.05, 4.69) is 10.2 Å². The van der Waals surface area contributed by atoms with Gasteiger partial charge in [-0.15, -0.1) is 21.5 Å². The standard InChI is InChI=1S/C17H15N3O3S2/c1-2-20-16(15-4-3-7-24-15)18-19-17(20)25-9-12(21)11-5-6-13-14(8-11)23-10-22-13/h3-8H,2,9-10H2,1H3. The molecule has 0 saturated carbocycles. The number of hydrogen-bond acceptors (Lipinski definition) is 7. The molecule has 6 nitrogen and oxygen atoms in total. The summed E-state index contributed by atoms with van der Waals surface area (Å²) < 4.78 is 12.6. The van der Waals surface area contributed by atoms with Crippen molar-refractivity contribution < 1.29 is 14.3 Å². The van der Waals surface area contributed by atoms with Gasteiger partial charge in [-0.25, -0.2) is 0 Å². The molecular formula is C17H15N3O3S2. The summed E-state index contributed by atoms with van der Waals surface area (Å²) in [7, 11) is 0. The van der Waals surface area contributed by atoms with Gasteiger partial charge in [0.15, 0.2) is 28.3 Å². The lowest BCUT2D eigenvalue weighted by Gasteiger charge is -2.06. The van der Waals surface area contributed by atoms with Gasteiger partial charge in [-0.3, -0.25) is 4.79 Å². The number of rotatable bonds is 6. The summed E-state index contributed by atoms with van der Waals surface area (Å²) in [4.78, 5) is 13.6. The number of ether oxygens (including phenoxy) is 2. The van der Waals surface area contributed by atoms with Crippen LogP contribution < -0.4 is 9.47 Å². The molecule has 25 heavy (non-hydrogen) atoms. The van der Waals surface area contributed by atoms with Crippen molar-refractivity contribution in [1.82, 2.24) is 14.8 Å². The molecule has 1 aromatic carbocycles. The number of aromatic nitrogens is 3. The summed E-state index contributed by atoms with van der Waals surface area (Å²) in [6.07, 6.45) is 0. The lowest BCUT2D eigenvalue weighted by Crippen LogP contribution is -2.05. The van der Waals surface area contributed by atoms with E-state index in [1.165, 1.54) is 11.8 Å². The molecule has 3 heterocycles. The topological polar surface area (TPSA) is 66.2 Å². The molecule has 4 rings (SSSR count). The van der Waals surface area contributed by atoms with Gasteiger partial charge in [-0.2, -0.15) is 0 Å². The number of Topliss-reactive ketones (excluding diaryl/α,β-unsaturated/α-hetero) is 1. The Bertz CT molecular complexity index is 906. The first-order valence-electron chi connectivity index (χ1n) is 7.79. The van der Waals surface area contributed by atoms with Crippen molar-refractivity contribution in [2.75, 3.05) is 12.5 Å². The van der Waals surface area contributed by atoms with E-state index in [4.69, 9.17) is 9.47 Å². The summed E-state index contributed by atoms with van der Waals surface area (Å²) in [5, 5.41) is 11.3. The molecule has 8 heteroatoms. The number of nitrogens with zero attached hydrogens (tertiary/aromatic N) is 3. The van der Waals surface area contributed by atoms with Crippen LogP contribution in [0.4, 0.5) is 0 Å². The predicted molar refractivity (Wildman–Crippen MR) is 96.6 cm³/mol. The molecule has 0 radical (unpaired) electrons. The fourth-order valence-corrected chi connectivity index (χ4v) is 4.17. The zero-order valence-electron chi connectivity index (χ0n) is 13.5. The van der Waals surface area contributed by atoms with Crippen LogP contribution in [0.5, 0.6) is 11.5 Å². The highest BCUT2D eigenvalue weighted by atomic mass is 32.2. The van der Waals surface area contributed by atoms with Gasteiger partial charge in [-0.05, 0) is 36.6 Å². The zero-order chi connectivity index (χ0) is 17.2. The quantitative estimate of drug-likeness (QED) is 0.484. The van der Waals surface area contributed by atoms with E-state index in [0.29, 0.717) is 22.8 Å². The van der Waals surface area contributed by atoms with Crippen molar-refractivity contribution in [1.29, 1.82) is 0 Å². The third-order valence-corrected chi connectivity index (χ3v) is 5.63. The summed E-state index contributed by atoms with van der Waals surface area (Å²) >= 11 is 3.02. The predicted octanol–water partition coefficient (Wildman–Crippen LogP) is 3.73. The van der Waals surface area contributed by atoms with Crippen molar-refractivity contribution in [3.63, 3.8) is 0 Å². The first-order chi connectivity index (χ1) is 12.3. The van der Waals surface area contributed by atoms with Crippen LogP contribution in [0.15, 0.2) is 40.9 Å². The van der Waals surface area contributed by atoms with Gasteiger partial charge in [0.25, 0.3) is 0 Å². The Morgan fingerprint density at radius 1 is 1.28 bits per heavy atom. The number of hydrogen-bond donors (Lipinski definition) is 0. The third-order valence-electron chi connectivity index (χ3n) is 3.80. The molecule has 0 saturated heterocycles. The van der Waals surface area contributed by atoms with E-state index in [9.17, 15) is 4.79 Å². The van der Waals surface area contributed by atoms with Crippen LogP contribution in [0, 0.1) is 0 Å². The Morgan fingerprint density at radius 3 is 2.96 bits per heavy atom. The lowest BCUT2D eigenvalue weighted by molar-refractivity contribution is 0.102. The fraction of sp³-hybridized carbons (Fsp3) is 0.235. The third kappa shape index (κ3) is 3.14. The van der Waals surface area contributed by atoms with E-state index in [0.717, 1.165) is 22.4 Å². The largest absolute Gasteiger partial charge is 0.454 e. The van der Waals surface area contributed by atoms with Crippen molar-refractivity contribution in [2.24, 2.45) is 0 Å². The maximum Gasteiger partial charge on any atom is 0.231 e. The van der Waals surface area contributed by atoms with Crippen LogP contribution in [0.3, 0.4) is 0 Å². The summed E-state index contributed by atoms with van der Waals surface area (Å²) in [5.41, 5.74) is 0.609. The molecule has 0 aliphatic carbocycles. The van der Waals surface area contributed by atoms with Crippen LogP contribution in [-0.4, -0.2) is 33.1 Å². The number of carbonyl (C=O) groups excluding carboxylic acids is 1. The Kier molecular flexibility index (Phi) is 4.46. The maximum absolute atomic E-state index is 12.5. The van der Waals surface area contributed by atoms with Crippen molar-refractivity contribution in [3.05, 3.63) is 41.3 Å². The Balaban J connectivity index is 1.49. The molecule has 2 aromatic heterocycles. The molecule has 1 aliphatic rings. The average Bonchev–Trinajstić information content (AvgIpc) is 3.38. The highest BCUT2D eigenvalue weighted by Gasteiger charge is 2.18. The second-order valence-electron chi connectivity index (χ2n) is 5.31. The molecule has 1 aliphatic heterocycles. The van der Waals surface area contributed by atoms with Gasteiger partial charge in [0.1, 0.15) is 0 Å². The van der Waals surface area contributed by atoms with E-state index in [-0.39, 0.29) is 12.6 Å².